The summed E-state index contributed by atoms with van der Waals surface area (Å²) in [6, 6.07) is 0.854. The molecule has 0 aliphatic carbocycles. The predicted molar refractivity (Wildman–Crippen MR) is 78.8 cm³/mol. The summed E-state index contributed by atoms with van der Waals surface area (Å²) in [7, 11) is 0. The Hall–Kier alpha value is -0.200. The minimum Gasteiger partial charge on any atom is -0.378 e. The lowest BCUT2D eigenvalue weighted by molar-refractivity contribution is -0.106. The molecule has 0 amide bonds. The second-order valence-corrected chi connectivity index (χ2v) is 6.45. The molecule has 2 N–H and O–H groups in total. The summed E-state index contributed by atoms with van der Waals surface area (Å²) in [4.78, 5) is 4.98. The Morgan fingerprint density at radius 3 is 2.45 bits per heavy atom. The van der Waals surface area contributed by atoms with Crippen molar-refractivity contribution in [1.29, 1.82) is 0 Å². The van der Waals surface area contributed by atoms with Gasteiger partial charge in [0.2, 0.25) is 0 Å². The monoisotopic (exact) mass is 283 g/mol. The summed E-state index contributed by atoms with van der Waals surface area (Å²) >= 11 is 0. The van der Waals surface area contributed by atoms with Crippen LogP contribution in [0.1, 0.15) is 26.2 Å². The van der Waals surface area contributed by atoms with Crippen LogP contribution in [0.25, 0.3) is 0 Å². The highest BCUT2D eigenvalue weighted by Gasteiger charge is 2.33. The van der Waals surface area contributed by atoms with E-state index in [9.17, 15) is 0 Å². The van der Waals surface area contributed by atoms with Gasteiger partial charge in [0.25, 0.3) is 0 Å². The van der Waals surface area contributed by atoms with E-state index >= 15 is 0 Å². The molecule has 0 aromatic rings. The molecule has 0 bridgehead atoms. The third-order valence-electron chi connectivity index (χ3n) is 5.10. The molecule has 3 heterocycles. The van der Waals surface area contributed by atoms with Crippen molar-refractivity contribution in [3.63, 3.8) is 0 Å². The van der Waals surface area contributed by atoms with E-state index in [1.165, 1.54) is 0 Å². The van der Waals surface area contributed by atoms with Gasteiger partial charge in [-0.05, 0) is 25.8 Å². The molecule has 116 valence electrons. The Morgan fingerprint density at radius 2 is 1.90 bits per heavy atom. The zero-order chi connectivity index (χ0) is 13.9. The van der Waals surface area contributed by atoms with Crippen molar-refractivity contribution >= 4 is 0 Å². The van der Waals surface area contributed by atoms with Gasteiger partial charge in [-0.1, -0.05) is 6.92 Å². The molecule has 0 aromatic carbocycles. The Kier molecular flexibility index (Phi) is 4.94. The van der Waals surface area contributed by atoms with E-state index in [-0.39, 0.29) is 12.1 Å². The van der Waals surface area contributed by atoms with Crippen molar-refractivity contribution in [1.82, 2.24) is 9.80 Å². The van der Waals surface area contributed by atoms with Crippen LogP contribution in [0.4, 0.5) is 0 Å². The third-order valence-corrected chi connectivity index (χ3v) is 5.10. The molecule has 20 heavy (non-hydrogen) atoms. The van der Waals surface area contributed by atoms with Crippen LogP contribution < -0.4 is 5.73 Å². The van der Waals surface area contributed by atoms with Crippen molar-refractivity contribution in [2.75, 3.05) is 45.9 Å². The second kappa shape index (κ2) is 6.71. The van der Waals surface area contributed by atoms with Crippen LogP contribution in [0.3, 0.4) is 0 Å². The molecule has 0 saturated carbocycles. The minimum atomic E-state index is 0.182. The van der Waals surface area contributed by atoms with Gasteiger partial charge in [0.05, 0.1) is 31.5 Å². The second-order valence-electron chi connectivity index (χ2n) is 6.45. The number of likely N-dealkylation sites (N-methyl/N-ethyl adjacent to an activating group) is 1. The highest BCUT2D eigenvalue weighted by atomic mass is 16.5. The fourth-order valence-electron chi connectivity index (χ4n) is 3.55. The summed E-state index contributed by atoms with van der Waals surface area (Å²) in [6.07, 6.45) is 4.07. The molecular formula is C15H29N3O2. The number of likely N-dealkylation sites (tertiary alicyclic amines) is 2. The fraction of sp³-hybridized carbons (Fsp3) is 1.00. The molecule has 0 aromatic heterocycles. The van der Waals surface area contributed by atoms with Gasteiger partial charge in [-0.25, -0.2) is 0 Å². The number of nitrogens with zero attached hydrogens (tertiary/aromatic N) is 2. The SMILES string of the molecule is CCN1CCC(OC2CCN(C3COC3)CC2)C(N)C1. The molecule has 5 nitrogen and oxygen atoms in total. The number of ether oxygens (including phenoxy) is 2. The minimum absolute atomic E-state index is 0.182. The van der Waals surface area contributed by atoms with E-state index in [0.29, 0.717) is 12.1 Å². The zero-order valence-electron chi connectivity index (χ0n) is 12.7. The standard InChI is InChI=1S/C15H29N3O2/c1-2-17-6-5-15(14(16)9-17)20-13-3-7-18(8-4-13)12-10-19-11-12/h12-15H,2-11,16H2,1H3. The molecular weight excluding hydrogens is 254 g/mol. The number of piperidine rings is 2. The summed E-state index contributed by atoms with van der Waals surface area (Å²) in [5.41, 5.74) is 6.27. The average Bonchev–Trinajstić information content (AvgIpc) is 2.41. The van der Waals surface area contributed by atoms with Gasteiger partial charge in [-0.15, -0.1) is 0 Å². The molecule has 5 heteroatoms. The highest BCUT2D eigenvalue weighted by molar-refractivity contribution is 4.87. The summed E-state index contributed by atoms with van der Waals surface area (Å²) in [6.45, 7) is 9.57. The lowest BCUT2D eigenvalue weighted by Gasteiger charge is -2.43. The number of rotatable bonds is 4. The van der Waals surface area contributed by atoms with E-state index in [1.54, 1.807) is 0 Å². The maximum Gasteiger partial charge on any atom is 0.0754 e. The van der Waals surface area contributed by atoms with E-state index in [0.717, 1.165) is 65.2 Å². The van der Waals surface area contributed by atoms with Crippen LogP contribution in [0.15, 0.2) is 0 Å². The number of nitrogens with two attached hydrogens (primary N) is 1. The molecule has 2 atom stereocenters. The molecule has 3 fully saturated rings. The van der Waals surface area contributed by atoms with Crippen molar-refractivity contribution in [3.05, 3.63) is 0 Å². The average molecular weight is 283 g/mol. The van der Waals surface area contributed by atoms with Crippen molar-refractivity contribution < 1.29 is 9.47 Å². The number of hydrogen-bond acceptors (Lipinski definition) is 5. The van der Waals surface area contributed by atoms with Crippen LogP contribution in [0, 0.1) is 0 Å². The van der Waals surface area contributed by atoms with Crippen LogP contribution in [-0.4, -0.2) is 80.0 Å². The Morgan fingerprint density at radius 1 is 1.15 bits per heavy atom. The fourth-order valence-corrected chi connectivity index (χ4v) is 3.55. The van der Waals surface area contributed by atoms with Crippen LogP contribution in [0.5, 0.6) is 0 Å². The van der Waals surface area contributed by atoms with Gasteiger partial charge >= 0.3 is 0 Å². The molecule has 3 aliphatic heterocycles. The first-order chi connectivity index (χ1) is 9.76. The van der Waals surface area contributed by atoms with E-state index in [4.69, 9.17) is 15.2 Å². The van der Waals surface area contributed by atoms with Crippen molar-refractivity contribution in [2.45, 2.75) is 50.5 Å². The molecule has 2 unspecified atom stereocenters. The zero-order valence-corrected chi connectivity index (χ0v) is 12.7. The third kappa shape index (κ3) is 3.34. The van der Waals surface area contributed by atoms with Gasteiger partial charge in [-0.3, -0.25) is 4.90 Å². The van der Waals surface area contributed by atoms with Crippen molar-refractivity contribution in [3.8, 4) is 0 Å². The number of hydrogen-bond donors (Lipinski definition) is 1. The maximum atomic E-state index is 6.31. The molecule has 0 radical (unpaired) electrons. The normalized spacial score (nSPS) is 35.1. The summed E-state index contributed by atoms with van der Waals surface area (Å²) < 4.78 is 11.6. The quantitative estimate of drug-likeness (QED) is 0.803. The Balaban J connectivity index is 1.40. The highest BCUT2D eigenvalue weighted by Crippen LogP contribution is 2.23. The van der Waals surface area contributed by atoms with Crippen molar-refractivity contribution in [2.24, 2.45) is 5.73 Å². The first-order valence-electron chi connectivity index (χ1n) is 8.21. The molecule has 3 rings (SSSR count). The van der Waals surface area contributed by atoms with Gasteiger partial charge in [0.1, 0.15) is 0 Å². The van der Waals surface area contributed by atoms with E-state index in [1.807, 2.05) is 0 Å². The largest absolute Gasteiger partial charge is 0.378 e. The van der Waals surface area contributed by atoms with Gasteiger partial charge in [-0.2, -0.15) is 0 Å². The predicted octanol–water partition coefficient (Wildman–Crippen LogP) is 0.288. The lowest BCUT2D eigenvalue weighted by atomic mass is 10.0. The topological polar surface area (TPSA) is 51.0 Å². The van der Waals surface area contributed by atoms with Gasteiger partial charge in [0.15, 0.2) is 0 Å². The molecule has 0 spiro atoms. The molecule has 3 aliphatic rings. The molecule has 3 saturated heterocycles. The Bertz CT molecular complexity index is 303. The summed E-state index contributed by atoms with van der Waals surface area (Å²) in [5.74, 6) is 0. The Labute approximate surface area is 122 Å². The van der Waals surface area contributed by atoms with Gasteiger partial charge in [0, 0.05) is 32.2 Å². The van der Waals surface area contributed by atoms with Crippen LogP contribution in [0.2, 0.25) is 0 Å². The van der Waals surface area contributed by atoms with Crippen LogP contribution in [-0.2, 0) is 9.47 Å². The van der Waals surface area contributed by atoms with Gasteiger partial charge < -0.3 is 20.1 Å². The first kappa shape index (κ1) is 14.7. The maximum absolute atomic E-state index is 6.31. The lowest BCUT2D eigenvalue weighted by Crippen LogP contribution is -2.55. The first-order valence-corrected chi connectivity index (χ1v) is 8.21. The smallest absolute Gasteiger partial charge is 0.0754 e. The van der Waals surface area contributed by atoms with Crippen LogP contribution >= 0.6 is 0 Å². The summed E-state index contributed by atoms with van der Waals surface area (Å²) in [5, 5.41) is 0. The van der Waals surface area contributed by atoms with E-state index in [2.05, 4.69) is 16.7 Å². The van der Waals surface area contributed by atoms with E-state index < -0.39 is 0 Å².